The Bertz CT molecular complexity index is 341. The molecule has 0 amide bonds. The Morgan fingerprint density at radius 1 is 1.53 bits per heavy atom. The molecule has 3 heteroatoms. The molecule has 0 bridgehead atoms. The first-order valence-corrected chi connectivity index (χ1v) is 5.92. The first-order chi connectivity index (χ1) is 7.22. The normalized spacial score (nSPS) is 20.3. The minimum Gasteiger partial charge on any atom is -0.331 e. The number of aromatic nitrogens is 2. The van der Waals surface area contributed by atoms with Crippen molar-refractivity contribution in [2.75, 3.05) is 13.6 Å². The van der Waals surface area contributed by atoms with Gasteiger partial charge in [-0.1, -0.05) is 6.92 Å². The summed E-state index contributed by atoms with van der Waals surface area (Å²) in [6.45, 7) is 6.68. The van der Waals surface area contributed by atoms with Crippen molar-refractivity contribution in [3.63, 3.8) is 0 Å². The van der Waals surface area contributed by atoms with Crippen LogP contribution in [0.4, 0.5) is 0 Å². The van der Waals surface area contributed by atoms with Crippen LogP contribution < -0.4 is 5.32 Å². The van der Waals surface area contributed by atoms with Gasteiger partial charge in [-0.05, 0) is 26.3 Å². The van der Waals surface area contributed by atoms with Crippen LogP contribution in [0.1, 0.15) is 30.6 Å². The van der Waals surface area contributed by atoms with Crippen LogP contribution in [0.5, 0.6) is 0 Å². The Kier molecular flexibility index (Phi) is 3.10. The Hall–Kier alpha value is -0.830. The second kappa shape index (κ2) is 4.35. The van der Waals surface area contributed by atoms with E-state index in [9.17, 15) is 0 Å². The van der Waals surface area contributed by atoms with Crippen molar-refractivity contribution >= 4 is 0 Å². The predicted octanol–water partition coefficient (Wildman–Crippen LogP) is 1.54. The molecule has 1 aliphatic heterocycles. The summed E-state index contributed by atoms with van der Waals surface area (Å²) in [5, 5.41) is 3.21. The van der Waals surface area contributed by atoms with E-state index >= 15 is 0 Å². The van der Waals surface area contributed by atoms with Gasteiger partial charge in [-0.2, -0.15) is 0 Å². The molecule has 0 spiro atoms. The van der Waals surface area contributed by atoms with E-state index in [2.05, 4.69) is 28.7 Å². The van der Waals surface area contributed by atoms with Crippen LogP contribution >= 0.6 is 0 Å². The van der Waals surface area contributed by atoms with Gasteiger partial charge in [-0.3, -0.25) is 0 Å². The van der Waals surface area contributed by atoms with E-state index in [1.54, 1.807) is 0 Å². The molecule has 3 nitrogen and oxygen atoms in total. The SMILES string of the molecule is CNCCc1c(C)nc2n1CC(C)CC2. The number of rotatable bonds is 3. The second-order valence-electron chi connectivity index (χ2n) is 4.67. The zero-order valence-corrected chi connectivity index (χ0v) is 10.0. The Balaban J connectivity index is 2.25. The highest BCUT2D eigenvalue weighted by molar-refractivity contribution is 5.18. The smallest absolute Gasteiger partial charge is 0.109 e. The number of nitrogens with one attached hydrogen (secondary N) is 1. The van der Waals surface area contributed by atoms with Crippen molar-refractivity contribution in [3.8, 4) is 0 Å². The maximum atomic E-state index is 4.67. The van der Waals surface area contributed by atoms with Gasteiger partial charge in [-0.25, -0.2) is 4.98 Å². The summed E-state index contributed by atoms with van der Waals surface area (Å²) in [5.74, 6) is 2.11. The number of fused-ring (bicyclic) bond motifs is 1. The predicted molar refractivity (Wildman–Crippen MR) is 62.1 cm³/mol. The number of hydrogen-bond donors (Lipinski definition) is 1. The number of nitrogens with zero attached hydrogens (tertiary/aromatic N) is 2. The van der Waals surface area contributed by atoms with Crippen LogP contribution in [0.3, 0.4) is 0 Å². The highest BCUT2D eigenvalue weighted by Gasteiger charge is 2.20. The fraction of sp³-hybridized carbons (Fsp3) is 0.750. The Morgan fingerprint density at radius 2 is 2.33 bits per heavy atom. The summed E-state index contributed by atoms with van der Waals surface area (Å²) in [5.41, 5.74) is 2.67. The van der Waals surface area contributed by atoms with Gasteiger partial charge in [0.25, 0.3) is 0 Å². The van der Waals surface area contributed by atoms with Crippen molar-refractivity contribution in [1.82, 2.24) is 14.9 Å². The third-order valence-electron chi connectivity index (χ3n) is 3.32. The molecule has 1 N–H and O–H groups in total. The molecule has 0 saturated heterocycles. The number of likely N-dealkylation sites (N-methyl/N-ethyl adjacent to an activating group) is 1. The molecule has 2 heterocycles. The van der Waals surface area contributed by atoms with Gasteiger partial charge >= 0.3 is 0 Å². The standard InChI is InChI=1S/C12H21N3/c1-9-4-5-12-14-10(2)11(6-7-13-3)15(12)8-9/h9,13H,4-8H2,1-3H3. The van der Waals surface area contributed by atoms with Crippen LogP contribution in [0.25, 0.3) is 0 Å². The van der Waals surface area contributed by atoms with Gasteiger partial charge in [0, 0.05) is 31.6 Å². The average Bonchev–Trinajstić information content (AvgIpc) is 2.51. The number of hydrogen-bond acceptors (Lipinski definition) is 2. The second-order valence-corrected chi connectivity index (χ2v) is 4.67. The van der Waals surface area contributed by atoms with Crippen LogP contribution in [-0.2, 0) is 19.4 Å². The monoisotopic (exact) mass is 207 g/mol. The zero-order valence-electron chi connectivity index (χ0n) is 10.0. The molecule has 84 valence electrons. The largest absolute Gasteiger partial charge is 0.331 e. The van der Waals surface area contributed by atoms with E-state index in [4.69, 9.17) is 0 Å². The summed E-state index contributed by atoms with van der Waals surface area (Å²) >= 11 is 0. The minimum atomic E-state index is 0.805. The quantitative estimate of drug-likeness (QED) is 0.814. The molecule has 1 unspecified atom stereocenters. The highest BCUT2D eigenvalue weighted by Crippen LogP contribution is 2.23. The van der Waals surface area contributed by atoms with Crippen LogP contribution in [-0.4, -0.2) is 23.1 Å². The molecule has 2 rings (SSSR count). The van der Waals surface area contributed by atoms with E-state index in [0.29, 0.717) is 0 Å². The third-order valence-corrected chi connectivity index (χ3v) is 3.32. The first kappa shape index (κ1) is 10.7. The number of aryl methyl sites for hydroxylation is 2. The summed E-state index contributed by atoms with van der Waals surface area (Å²) < 4.78 is 2.45. The lowest BCUT2D eigenvalue weighted by molar-refractivity contribution is 0.386. The summed E-state index contributed by atoms with van der Waals surface area (Å²) in [6, 6.07) is 0. The molecule has 0 fully saturated rings. The molecule has 0 aromatic carbocycles. The van der Waals surface area contributed by atoms with Crippen LogP contribution in [0.2, 0.25) is 0 Å². The fourth-order valence-electron chi connectivity index (χ4n) is 2.41. The molecule has 0 saturated carbocycles. The minimum absolute atomic E-state index is 0.805. The lowest BCUT2D eigenvalue weighted by Gasteiger charge is -2.22. The molecule has 15 heavy (non-hydrogen) atoms. The summed E-state index contributed by atoms with van der Waals surface area (Å²) in [6.07, 6.45) is 3.55. The average molecular weight is 207 g/mol. The van der Waals surface area contributed by atoms with Gasteiger partial charge in [0.1, 0.15) is 5.82 Å². The maximum absolute atomic E-state index is 4.67. The molecular weight excluding hydrogens is 186 g/mol. The molecule has 1 aliphatic rings. The van der Waals surface area contributed by atoms with Crippen molar-refractivity contribution in [2.24, 2.45) is 5.92 Å². The van der Waals surface area contributed by atoms with Crippen molar-refractivity contribution in [3.05, 3.63) is 17.2 Å². The Labute approximate surface area is 91.9 Å². The maximum Gasteiger partial charge on any atom is 0.109 e. The molecule has 0 aliphatic carbocycles. The fourth-order valence-corrected chi connectivity index (χ4v) is 2.41. The lowest BCUT2D eigenvalue weighted by Crippen LogP contribution is -2.21. The van der Waals surface area contributed by atoms with Gasteiger partial charge in [-0.15, -0.1) is 0 Å². The van der Waals surface area contributed by atoms with Gasteiger partial charge in [0.05, 0.1) is 5.69 Å². The van der Waals surface area contributed by atoms with Gasteiger partial charge < -0.3 is 9.88 Å². The number of imidazole rings is 1. The molecule has 1 atom stereocenters. The van der Waals surface area contributed by atoms with Crippen molar-refractivity contribution in [1.29, 1.82) is 0 Å². The van der Waals surface area contributed by atoms with Gasteiger partial charge in [0.2, 0.25) is 0 Å². The molecule has 1 aromatic heterocycles. The van der Waals surface area contributed by atoms with E-state index in [1.807, 2.05) is 7.05 Å². The van der Waals surface area contributed by atoms with E-state index < -0.39 is 0 Å². The van der Waals surface area contributed by atoms with E-state index in [0.717, 1.165) is 31.8 Å². The first-order valence-electron chi connectivity index (χ1n) is 5.92. The van der Waals surface area contributed by atoms with Crippen molar-refractivity contribution < 1.29 is 0 Å². The lowest BCUT2D eigenvalue weighted by atomic mass is 10.0. The highest BCUT2D eigenvalue weighted by atomic mass is 15.1. The van der Waals surface area contributed by atoms with Crippen molar-refractivity contribution in [2.45, 2.75) is 39.7 Å². The molecule has 0 radical (unpaired) electrons. The summed E-state index contributed by atoms with van der Waals surface area (Å²) in [7, 11) is 2.01. The van der Waals surface area contributed by atoms with E-state index in [1.165, 1.54) is 23.6 Å². The molecular formula is C12H21N3. The molecule has 1 aromatic rings. The van der Waals surface area contributed by atoms with E-state index in [-0.39, 0.29) is 0 Å². The third kappa shape index (κ3) is 2.07. The van der Waals surface area contributed by atoms with Crippen LogP contribution in [0.15, 0.2) is 0 Å². The summed E-state index contributed by atoms with van der Waals surface area (Å²) in [4.78, 5) is 4.67. The van der Waals surface area contributed by atoms with Gasteiger partial charge in [0.15, 0.2) is 0 Å². The zero-order chi connectivity index (χ0) is 10.8. The Morgan fingerprint density at radius 3 is 3.07 bits per heavy atom. The van der Waals surface area contributed by atoms with Crippen LogP contribution in [0, 0.1) is 12.8 Å². The topological polar surface area (TPSA) is 29.9 Å².